The van der Waals surface area contributed by atoms with E-state index in [1.165, 1.54) is 5.56 Å². The quantitative estimate of drug-likeness (QED) is 0.769. The number of carbonyl (C=O) groups excluding carboxylic acids is 1. The Bertz CT molecular complexity index is 514. The normalized spacial score (nSPS) is 21.2. The molecule has 24 heavy (non-hydrogen) atoms. The summed E-state index contributed by atoms with van der Waals surface area (Å²) in [6.07, 6.45) is 3.79. The fourth-order valence-corrected chi connectivity index (χ4v) is 3.12. The van der Waals surface area contributed by atoms with Crippen molar-refractivity contribution in [1.29, 1.82) is 0 Å². The SMILES string of the molecule is CC(C)(C)OC(=O)NC1CCC(c2ccc(NCCO)cc2)CC1. The Kier molecular flexibility index (Phi) is 6.49. The van der Waals surface area contributed by atoms with E-state index in [0.717, 1.165) is 31.4 Å². The molecule has 1 amide bonds. The Labute approximate surface area is 144 Å². The summed E-state index contributed by atoms with van der Waals surface area (Å²) in [4.78, 5) is 11.8. The number of alkyl carbamates (subject to hydrolysis) is 1. The molecule has 1 fully saturated rings. The molecule has 0 aromatic heterocycles. The molecule has 1 aromatic carbocycles. The predicted octanol–water partition coefficient (Wildman–Crippen LogP) is 3.64. The molecular formula is C19H30N2O3. The topological polar surface area (TPSA) is 70.6 Å². The zero-order chi connectivity index (χ0) is 17.6. The number of nitrogens with one attached hydrogen (secondary N) is 2. The molecule has 1 aliphatic rings. The van der Waals surface area contributed by atoms with Gasteiger partial charge in [-0.3, -0.25) is 0 Å². The van der Waals surface area contributed by atoms with Gasteiger partial charge in [0.25, 0.3) is 0 Å². The van der Waals surface area contributed by atoms with Gasteiger partial charge in [-0.15, -0.1) is 0 Å². The summed E-state index contributed by atoms with van der Waals surface area (Å²) >= 11 is 0. The number of ether oxygens (including phenoxy) is 1. The molecule has 1 aliphatic carbocycles. The molecule has 0 spiro atoms. The first-order valence-electron chi connectivity index (χ1n) is 8.81. The first kappa shape index (κ1) is 18.6. The minimum Gasteiger partial charge on any atom is -0.444 e. The fraction of sp³-hybridized carbons (Fsp3) is 0.632. The molecule has 5 nitrogen and oxygen atoms in total. The van der Waals surface area contributed by atoms with Crippen molar-refractivity contribution >= 4 is 11.8 Å². The lowest BCUT2D eigenvalue weighted by Crippen LogP contribution is -2.40. The van der Waals surface area contributed by atoms with Crippen LogP contribution in [0.3, 0.4) is 0 Å². The molecule has 3 N–H and O–H groups in total. The second-order valence-corrected chi connectivity index (χ2v) is 7.47. The highest BCUT2D eigenvalue weighted by Gasteiger charge is 2.25. The molecule has 1 aromatic rings. The molecule has 0 radical (unpaired) electrons. The van der Waals surface area contributed by atoms with E-state index in [1.807, 2.05) is 20.8 Å². The smallest absolute Gasteiger partial charge is 0.407 e. The molecule has 0 aliphatic heterocycles. The van der Waals surface area contributed by atoms with Gasteiger partial charge in [-0.25, -0.2) is 4.79 Å². The molecule has 134 valence electrons. The van der Waals surface area contributed by atoms with Crippen LogP contribution in [-0.2, 0) is 4.74 Å². The van der Waals surface area contributed by atoms with E-state index in [4.69, 9.17) is 9.84 Å². The van der Waals surface area contributed by atoms with Crippen LogP contribution in [0.5, 0.6) is 0 Å². The predicted molar refractivity (Wildman–Crippen MR) is 96.4 cm³/mol. The van der Waals surface area contributed by atoms with E-state index in [9.17, 15) is 4.79 Å². The van der Waals surface area contributed by atoms with Gasteiger partial charge in [0.05, 0.1) is 6.61 Å². The lowest BCUT2D eigenvalue weighted by molar-refractivity contribution is 0.0491. The molecule has 5 heteroatoms. The molecule has 0 unspecified atom stereocenters. The van der Waals surface area contributed by atoms with Crippen LogP contribution in [0.15, 0.2) is 24.3 Å². The van der Waals surface area contributed by atoms with Crippen LogP contribution >= 0.6 is 0 Å². The van der Waals surface area contributed by atoms with Gasteiger partial charge in [0.2, 0.25) is 0 Å². The Hall–Kier alpha value is -1.75. The van der Waals surface area contributed by atoms with Gasteiger partial charge in [0.15, 0.2) is 0 Å². The third-order valence-corrected chi connectivity index (χ3v) is 4.27. The Morgan fingerprint density at radius 2 is 1.79 bits per heavy atom. The molecule has 0 saturated heterocycles. The van der Waals surface area contributed by atoms with Gasteiger partial charge in [-0.1, -0.05) is 12.1 Å². The monoisotopic (exact) mass is 334 g/mol. The average molecular weight is 334 g/mol. The first-order valence-corrected chi connectivity index (χ1v) is 8.81. The van der Waals surface area contributed by atoms with Crippen LogP contribution in [-0.4, -0.2) is 36.0 Å². The highest BCUT2D eigenvalue weighted by molar-refractivity contribution is 5.68. The maximum absolute atomic E-state index is 11.8. The van der Waals surface area contributed by atoms with Crippen LogP contribution in [0.4, 0.5) is 10.5 Å². The number of carbonyl (C=O) groups is 1. The number of aliphatic hydroxyl groups is 1. The van der Waals surface area contributed by atoms with Crippen molar-refractivity contribution in [3.63, 3.8) is 0 Å². The zero-order valence-corrected chi connectivity index (χ0v) is 15.0. The van der Waals surface area contributed by atoms with Crippen LogP contribution in [0, 0.1) is 0 Å². The third kappa shape index (κ3) is 6.04. The van der Waals surface area contributed by atoms with Crippen LogP contribution in [0.2, 0.25) is 0 Å². The van der Waals surface area contributed by atoms with Crippen molar-refractivity contribution in [2.75, 3.05) is 18.5 Å². The number of amides is 1. The largest absolute Gasteiger partial charge is 0.444 e. The van der Waals surface area contributed by atoms with Gasteiger partial charge in [0.1, 0.15) is 5.60 Å². The third-order valence-electron chi connectivity index (χ3n) is 4.27. The minimum absolute atomic E-state index is 0.135. The second kappa shape index (κ2) is 8.38. The Morgan fingerprint density at radius 1 is 1.17 bits per heavy atom. The van der Waals surface area contributed by atoms with Crippen molar-refractivity contribution in [3.05, 3.63) is 29.8 Å². The number of anilines is 1. The van der Waals surface area contributed by atoms with Crippen LogP contribution < -0.4 is 10.6 Å². The number of hydrogen-bond donors (Lipinski definition) is 3. The van der Waals surface area contributed by atoms with Crippen molar-refractivity contribution in [2.45, 2.75) is 64.0 Å². The lowest BCUT2D eigenvalue weighted by atomic mass is 9.82. The van der Waals surface area contributed by atoms with Gasteiger partial charge in [-0.2, -0.15) is 0 Å². The van der Waals surface area contributed by atoms with Gasteiger partial charge >= 0.3 is 6.09 Å². The Morgan fingerprint density at radius 3 is 2.33 bits per heavy atom. The molecule has 0 atom stereocenters. The fourth-order valence-electron chi connectivity index (χ4n) is 3.12. The van der Waals surface area contributed by atoms with E-state index in [0.29, 0.717) is 12.5 Å². The summed E-state index contributed by atoms with van der Waals surface area (Å²) in [5, 5.41) is 15.0. The summed E-state index contributed by atoms with van der Waals surface area (Å²) < 4.78 is 5.32. The minimum atomic E-state index is -0.451. The van der Waals surface area contributed by atoms with Gasteiger partial charge < -0.3 is 20.5 Å². The van der Waals surface area contributed by atoms with Crippen molar-refractivity contribution < 1.29 is 14.6 Å². The average Bonchev–Trinajstić information content (AvgIpc) is 2.52. The van der Waals surface area contributed by atoms with E-state index in [-0.39, 0.29) is 18.7 Å². The summed E-state index contributed by atoms with van der Waals surface area (Å²) in [5.74, 6) is 0.550. The zero-order valence-electron chi connectivity index (χ0n) is 15.0. The molecular weight excluding hydrogens is 304 g/mol. The number of hydrogen-bond acceptors (Lipinski definition) is 4. The number of aliphatic hydroxyl groups excluding tert-OH is 1. The summed E-state index contributed by atoms with van der Waals surface area (Å²) in [6, 6.07) is 8.66. The molecule has 0 bridgehead atoms. The maximum Gasteiger partial charge on any atom is 0.407 e. The van der Waals surface area contributed by atoms with Crippen molar-refractivity contribution in [3.8, 4) is 0 Å². The summed E-state index contributed by atoms with van der Waals surface area (Å²) in [5.41, 5.74) is 1.93. The maximum atomic E-state index is 11.8. The standard InChI is InChI=1S/C19H30N2O3/c1-19(2,3)24-18(23)21-17-10-6-15(7-11-17)14-4-8-16(9-5-14)20-12-13-22/h4-5,8-9,15,17,20,22H,6-7,10-13H2,1-3H3,(H,21,23). The molecule has 1 saturated carbocycles. The van der Waals surface area contributed by atoms with Gasteiger partial charge in [0, 0.05) is 18.3 Å². The van der Waals surface area contributed by atoms with Crippen molar-refractivity contribution in [2.24, 2.45) is 0 Å². The van der Waals surface area contributed by atoms with E-state index in [2.05, 4.69) is 34.9 Å². The first-order chi connectivity index (χ1) is 11.4. The van der Waals surface area contributed by atoms with Crippen molar-refractivity contribution in [1.82, 2.24) is 5.32 Å². The highest BCUT2D eigenvalue weighted by atomic mass is 16.6. The van der Waals surface area contributed by atoms with E-state index in [1.54, 1.807) is 0 Å². The van der Waals surface area contributed by atoms with Crippen LogP contribution in [0.25, 0.3) is 0 Å². The molecule has 2 rings (SSSR count). The summed E-state index contributed by atoms with van der Waals surface area (Å²) in [7, 11) is 0. The lowest BCUT2D eigenvalue weighted by Gasteiger charge is -2.30. The van der Waals surface area contributed by atoms with E-state index < -0.39 is 5.60 Å². The second-order valence-electron chi connectivity index (χ2n) is 7.47. The van der Waals surface area contributed by atoms with E-state index >= 15 is 0 Å². The number of benzene rings is 1. The summed E-state index contributed by atoms with van der Waals surface area (Å²) in [6.45, 7) is 6.34. The molecule has 0 heterocycles. The highest BCUT2D eigenvalue weighted by Crippen LogP contribution is 2.33. The Balaban J connectivity index is 1.79. The van der Waals surface area contributed by atoms with Crippen LogP contribution in [0.1, 0.15) is 57.9 Å². The number of rotatable bonds is 5. The van der Waals surface area contributed by atoms with Gasteiger partial charge in [-0.05, 0) is 70.1 Å².